The molecule has 0 fully saturated rings. The van der Waals surface area contributed by atoms with E-state index in [1.165, 1.54) is 0 Å². The maximum Gasteiger partial charge on any atom is 0.138 e. The van der Waals surface area contributed by atoms with Gasteiger partial charge in [0, 0.05) is 6.20 Å². The van der Waals surface area contributed by atoms with Crippen molar-refractivity contribution in [2.24, 2.45) is 0 Å². The standard InChI is InChI=1S/C4H3NOS2/c6-8-3-1-2-5(7)4(3)8/h1-2,7H. The summed E-state index contributed by atoms with van der Waals surface area (Å²) in [4.78, 5) is 0.931. The van der Waals surface area contributed by atoms with E-state index >= 15 is 0 Å². The van der Waals surface area contributed by atoms with Gasteiger partial charge < -0.3 is 0 Å². The van der Waals surface area contributed by atoms with Crippen LogP contribution in [0.3, 0.4) is 0 Å². The highest BCUT2D eigenvalue weighted by atomic mass is 32.2. The normalized spacial score (nSPS) is 22.9. The lowest BCUT2D eigenvalue weighted by atomic mass is 10.7. The smallest absolute Gasteiger partial charge is 0.138 e. The molecule has 0 amide bonds. The summed E-state index contributed by atoms with van der Waals surface area (Å²) in [5, 5.41) is 0.855. The van der Waals surface area contributed by atoms with Crippen LogP contribution in [0, 0.1) is 0 Å². The van der Waals surface area contributed by atoms with E-state index in [0.29, 0.717) is 0 Å². The van der Waals surface area contributed by atoms with E-state index in [-0.39, 0.29) is 0 Å². The van der Waals surface area contributed by atoms with Crippen molar-refractivity contribution in [3.8, 4) is 0 Å². The summed E-state index contributed by atoms with van der Waals surface area (Å²) in [6.07, 6.45) is 1.79. The molecular weight excluding hydrogens is 142 g/mol. The molecule has 0 bridgehead atoms. The van der Waals surface area contributed by atoms with Crippen LogP contribution in [0.1, 0.15) is 0 Å². The highest BCUT2D eigenvalue weighted by Gasteiger charge is 2.32. The summed E-state index contributed by atoms with van der Waals surface area (Å²) >= 11 is 3.98. The van der Waals surface area contributed by atoms with E-state index in [1.54, 1.807) is 10.2 Å². The molecule has 2 nitrogen and oxygen atoms in total. The third kappa shape index (κ3) is 0.374. The zero-order chi connectivity index (χ0) is 5.72. The van der Waals surface area contributed by atoms with E-state index in [2.05, 4.69) is 12.8 Å². The Labute approximate surface area is 54.5 Å². The van der Waals surface area contributed by atoms with Crippen LogP contribution < -0.4 is 0 Å². The van der Waals surface area contributed by atoms with Gasteiger partial charge in [-0.15, -0.1) is 0 Å². The first-order chi connectivity index (χ1) is 3.80. The lowest BCUT2D eigenvalue weighted by Gasteiger charge is -1.82. The van der Waals surface area contributed by atoms with Gasteiger partial charge in [0.05, 0.1) is 4.90 Å². The molecule has 1 aliphatic heterocycles. The maximum absolute atomic E-state index is 10.6. The minimum absolute atomic E-state index is 0.791. The number of rotatable bonds is 0. The van der Waals surface area contributed by atoms with Crippen molar-refractivity contribution < 1.29 is 4.21 Å². The molecule has 42 valence electrons. The predicted octanol–water partition coefficient (Wildman–Crippen LogP) is 0.661. The zero-order valence-electron chi connectivity index (χ0n) is 3.87. The van der Waals surface area contributed by atoms with Crippen LogP contribution in [0.5, 0.6) is 0 Å². The number of nitrogens with zero attached hydrogens (tertiary/aromatic N) is 1. The van der Waals surface area contributed by atoms with Crippen LogP contribution in [-0.4, -0.2) is 8.18 Å². The Morgan fingerprint density at radius 3 is 2.75 bits per heavy atom. The number of fused-ring (bicyclic) bond motifs is 1. The van der Waals surface area contributed by atoms with Crippen LogP contribution in [0.4, 0.5) is 0 Å². The minimum atomic E-state index is -0.791. The van der Waals surface area contributed by atoms with Crippen molar-refractivity contribution in [2.45, 2.75) is 9.92 Å². The van der Waals surface area contributed by atoms with Crippen LogP contribution >= 0.6 is 12.8 Å². The van der Waals surface area contributed by atoms with Crippen LogP contribution in [-0.2, 0) is 10.8 Å². The van der Waals surface area contributed by atoms with E-state index in [9.17, 15) is 4.21 Å². The first-order valence-corrected chi connectivity index (χ1v) is 3.68. The second-order valence-electron chi connectivity index (χ2n) is 1.60. The summed E-state index contributed by atoms with van der Waals surface area (Å²) in [5.41, 5.74) is 0. The topological polar surface area (TPSA) is 22.0 Å². The molecule has 0 N–H and O–H groups in total. The molecule has 1 aromatic rings. The van der Waals surface area contributed by atoms with E-state index in [1.807, 2.05) is 6.07 Å². The van der Waals surface area contributed by atoms with Gasteiger partial charge in [-0.1, -0.05) is 12.8 Å². The quantitative estimate of drug-likeness (QED) is 0.427. The molecule has 8 heavy (non-hydrogen) atoms. The first kappa shape index (κ1) is 4.64. The maximum atomic E-state index is 10.6. The van der Waals surface area contributed by atoms with E-state index < -0.39 is 10.8 Å². The van der Waals surface area contributed by atoms with Crippen molar-refractivity contribution in [3.63, 3.8) is 0 Å². The molecular formula is C4H3NOS2. The zero-order valence-corrected chi connectivity index (χ0v) is 5.58. The van der Waals surface area contributed by atoms with Crippen molar-refractivity contribution in [3.05, 3.63) is 12.3 Å². The first-order valence-electron chi connectivity index (χ1n) is 2.13. The van der Waals surface area contributed by atoms with Gasteiger partial charge in [0.25, 0.3) is 0 Å². The number of hydrogen-bond donors (Lipinski definition) is 1. The van der Waals surface area contributed by atoms with Crippen molar-refractivity contribution in [1.82, 2.24) is 3.97 Å². The van der Waals surface area contributed by atoms with Crippen molar-refractivity contribution in [1.29, 1.82) is 0 Å². The molecule has 1 atom stereocenters. The van der Waals surface area contributed by atoms with Crippen LogP contribution in [0.15, 0.2) is 22.2 Å². The molecule has 0 spiro atoms. The Hall–Kier alpha value is -0.220. The van der Waals surface area contributed by atoms with E-state index in [0.717, 1.165) is 9.92 Å². The van der Waals surface area contributed by atoms with Gasteiger partial charge in [0.2, 0.25) is 0 Å². The van der Waals surface area contributed by atoms with Gasteiger partial charge in [-0.3, -0.25) is 3.97 Å². The molecule has 4 heteroatoms. The third-order valence-electron chi connectivity index (χ3n) is 1.12. The summed E-state index contributed by atoms with van der Waals surface area (Å²) in [5.74, 6) is 0. The van der Waals surface area contributed by atoms with Crippen LogP contribution in [0.2, 0.25) is 0 Å². The Bertz CT molecular complexity index is 265. The molecule has 0 aromatic carbocycles. The largest absolute Gasteiger partial charge is 0.285 e. The third-order valence-corrected chi connectivity index (χ3v) is 2.88. The molecule has 0 radical (unpaired) electrons. The summed E-state index contributed by atoms with van der Waals surface area (Å²) in [7, 11) is -0.791. The molecule has 1 aliphatic rings. The van der Waals surface area contributed by atoms with Gasteiger partial charge in [0.1, 0.15) is 15.8 Å². The van der Waals surface area contributed by atoms with Crippen molar-refractivity contribution in [2.75, 3.05) is 0 Å². The predicted molar refractivity (Wildman–Crippen MR) is 33.5 cm³/mol. The molecule has 2 heterocycles. The Balaban J connectivity index is 2.75. The fourth-order valence-corrected chi connectivity index (χ4v) is 2.10. The fourth-order valence-electron chi connectivity index (χ4n) is 0.675. The molecule has 0 saturated heterocycles. The van der Waals surface area contributed by atoms with Gasteiger partial charge in [-0.2, -0.15) is 0 Å². The second kappa shape index (κ2) is 1.19. The minimum Gasteiger partial charge on any atom is -0.285 e. The monoisotopic (exact) mass is 145 g/mol. The van der Waals surface area contributed by atoms with Gasteiger partial charge >= 0.3 is 0 Å². The van der Waals surface area contributed by atoms with Gasteiger partial charge in [-0.25, -0.2) is 4.21 Å². The van der Waals surface area contributed by atoms with E-state index in [4.69, 9.17) is 0 Å². The fraction of sp³-hybridized carbons (Fsp3) is 0. The summed E-state index contributed by atoms with van der Waals surface area (Å²) in [6.45, 7) is 0. The molecule has 0 aliphatic carbocycles. The lowest BCUT2D eigenvalue weighted by Crippen LogP contribution is -1.74. The average molecular weight is 145 g/mol. The number of hydrogen-bond acceptors (Lipinski definition) is 2. The number of thiol groups is 1. The molecule has 0 saturated carbocycles. The highest BCUT2D eigenvalue weighted by Crippen LogP contribution is 2.36. The highest BCUT2D eigenvalue weighted by molar-refractivity contribution is 7.91. The molecule has 2 rings (SSSR count). The number of aromatic nitrogens is 1. The Kier molecular flexibility index (Phi) is 0.692. The van der Waals surface area contributed by atoms with Gasteiger partial charge in [-0.05, 0) is 6.07 Å². The van der Waals surface area contributed by atoms with Crippen molar-refractivity contribution >= 4 is 23.6 Å². The lowest BCUT2D eigenvalue weighted by molar-refractivity contribution is 0.691. The molecule has 1 aromatic heterocycles. The second-order valence-corrected chi connectivity index (χ2v) is 3.39. The summed E-state index contributed by atoms with van der Waals surface area (Å²) < 4.78 is 12.2. The Morgan fingerprint density at radius 1 is 1.75 bits per heavy atom. The SMILES string of the molecule is O=S1c2ccn(S)c21. The van der Waals surface area contributed by atoms with Crippen LogP contribution in [0.25, 0.3) is 0 Å². The Morgan fingerprint density at radius 2 is 2.50 bits per heavy atom. The summed E-state index contributed by atoms with van der Waals surface area (Å²) in [6, 6.07) is 1.82. The molecule has 1 unspecified atom stereocenters. The van der Waals surface area contributed by atoms with Gasteiger partial charge in [0.15, 0.2) is 0 Å². The average Bonchev–Trinajstić information content (AvgIpc) is 2.13.